The minimum Gasteiger partial charge on any atom is -0.354 e. The van der Waals surface area contributed by atoms with Crippen molar-refractivity contribution in [3.8, 4) is 0 Å². The molecule has 0 saturated carbocycles. The van der Waals surface area contributed by atoms with Gasteiger partial charge in [0.1, 0.15) is 5.82 Å². The number of hydrogen-bond donors (Lipinski definition) is 1. The van der Waals surface area contributed by atoms with Gasteiger partial charge in [0.15, 0.2) is 0 Å². The summed E-state index contributed by atoms with van der Waals surface area (Å²) in [6.45, 7) is 6.29. The first-order valence-corrected chi connectivity index (χ1v) is 8.91. The number of rotatable bonds is 7. The molecule has 0 fully saturated rings. The maximum Gasteiger partial charge on any atom is 0.133 e. The van der Waals surface area contributed by atoms with Crippen molar-refractivity contribution < 1.29 is 0 Å². The average molecular weight is 368 g/mol. The van der Waals surface area contributed by atoms with Crippen LogP contribution in [0.3, 0.4) is 0 Å². The third-order valence-corrected chi connectivity index (χ3v) is 5.04. The Balaban J connectivity index is 2.14. The van der Waals surface area contributed by atoms with Crippen molar-refractivity contribution >= 4 is 33.1 Å². The highest BCUT2D eigenvalue weighted by atomic mass is 79.9. The molecule has 0 radical (unpaired) electrons. The zero-order valence-electron chi connectivity index (χ0n) is 12.8. The molecular weight excluding hydrogens is 346 g/mol. The molecule has 21 heavy (non-hydrogen) atoms. The molecule has 0 aliphatic carbocycles. The van der Waals surface area contributed by atoms with Crippen LogP contribution in [0.5, 0.6) is 0 Å². The van der Waals surface area contributed by atoms with E-state index in [-0.39, 0.29) is 0 Å². The summed E-state index contributed by atoms with van der Waals surface area (Å²) in [5.74, 6) is 1.05. The van der Waals surface area contributed by atoms with Gasteiger partial charge in [-0.2, -0.15) is 0 Å². The van der Waals surface area contributed by atoms with Gasteiger partial charge >= 0.3 is 0 Å². The molecule has 1 unspecified atom stereocenters. The third kappa shape index (κ3) is 4.53. The molecule has 0 amide bonds. The predicted molar refractivity (Wildman–Crippen MR) is 95.1 cm³/mol. The summed E-state index contributed by atoms with van der Waals surface area (Å²) < 4.78 is 1.15. The summed E-state index contributed by atoms with van der Waals surface area (Å²) >= 11 is 5.28. The zero-order valence-corrected chi connectivity index (χ0v) is 15.2. The van der Waals surface area contributed by atoms with Gasteiger partial charge in [-0.3, -0.25) is 0 Å². The molecule has 0 aromatic carbocycles. The summed E-state index contributed by atoms with van der Waals surface area (Å²) in [5.41, 5.74) is 1.25. The second-order valence-electron chi connectivity index (χ2n) is 5.18. The van der Waals surface area contributed by atoms with Crippen LogP contribution in [0.25, 0.3) is 0 Å². The van der Waals surface area contributed by atoms with E-state index >= 15 is 0 Å². The standard InChI is InChI=1S/C16H22BrN3S/c1-4-7-18-12(2)15-6-5-8-19-16(15)20(3)10-14-9-13(17)11-21-14/h5-6,8-9,11-12,18H,4,7,10H2,1-3H3. The van der Waals surface area contributed by atoms with Crippen LogP contribution in [0.4, 0.5) is 5.82 Å². The van der Waals surface area contributed by atoms with Gasteiger partial charge in [0.25, 0.3) is 0 Å². The molecule has 0 aliphatic rings. The molecule has 2 aromatic rings. The van der Waals surface area contributed by atoms with E-state index in [0.717, 1.165) is 29.8 Å². The van der Waals surface area contributed by atoms with Crippen molar-refractivity contribution in [1.29, 1.82) is 0 Å². The van der Waals surface area contributed by atoms with Gasteiger partial charge in [0.05, 0.1) is 6.54 Å². The van der Waals surface area contributed by atoms with Crippen LogP contribution < -0.4 is 10.2 Å². The predicted octanol–water partition coefficient (Wildman–Crippen LogP) is 4.60. The van der Waals surface area contributed by atoms with E-state index in [1.807, 2.05) is 12.3 Å². The lowest BCUT2D eigenvalue weighted by molar-refractivity contribution is 0.568. The number of hydrogen-bond acceptors (Lipinski definition) is 4. The van der Waals surface area contributed by atoms with E-state index < -0.39 is 0 Å². The van der Waals surface area contributed by atoms with E-state index in [1.165, 1.54) is 10.4 Å². The van der Waals surface area contributed by atoms with Gasteiger partial charge in [-0.1, -0.05) is 13.0 Å². The Labute approximate surface area is 139 Å². The molecule has 5 heteroatoms. The number of halogens is 1. The third-order valence-electron chi connectivity index (χ3n) is 3.36. The monoisotopic (exact) mass is 367 g/mol. The highest BCUT2D eigenvalue weighted by Gasteiger charge is 2.14. The Morgan fingerprint density at radius 2 is 2.29 bits per heavy atom. The highest BCUT2D eigenvalue weighted by Crippen LogP contribution is 2.26. The molecule has 3 nitrogen and oxygen atoms in total. The Kier molecular flexibility index (Phi) is 6.21. The van der Waals surface area contributed by atoms with E-state index in [0.29, 0.717) is 6.04 Å². The fraction of sp³-hybridized carbons (Fsp3) is 0.438. The molecule has 2 heterocycles. The van der Waals surface area contributed by atoms with Crippen molar-refractivity contribution in [3.63, 3.8) is 0 Å². The first-order chi connectivity index (χ1) is 10.1. The lowest BCUT2D eigenvalue weighted by Gasteiger charge is -2.24. The minimum atomic E-state index is 0.311. The molecule has 2 aromatic heterocycles. The van der Waals surface area contributed by atoms with Crippen LogP contribution in [0.15, 0.2) is 34.2 Å². The quantitative estimate of drug-likeness (QED) is 0.774. The van der Waals surface area contributed by atoms with Gasteiger partial charge in [-0.25, -0.2) is 4.98 Å². The van der Waals surface area contributed by atoms with Crippen molar-refractivity contribution in [3.05, 3.63) is 44.7 Å². The van der Waals surface area contributed by atoms with Gasteiger partial charge in [0, 0.05) is 39.6 Å². The molecule has 1 N–H and O–H groups in total. The number of aromatic nitrogens is 1. The van der Waals surface area contributed by atoms with Crippen molar-refractivity contribution in [2.75, 3.05) is 18.5 Å². The highest BCUT2D eigenvalue weighted by molar-refractivity contribution is 9.10. The Morgan fingerprint density at radius 3 is 2.95 bits per heavy atom. The smallest absolute Gasteiger partial charge is 0.133 e. The molecule has 0 aliphatic heterocycles. The normalized spacial score (nSPS) is 12.4. The minimum absolute atomic E-state index is 0.311. The zero-order chi connectivity index (χ0) is 15.2. The van der Waals surface area contributed by atoms with Crippen LogP contribution in [0.2, 0.25) is 0 Å². The summed E-state index contributed by atoms with van der Waals surface area (Å²) in [5, 5.41) is 5.66. The molecule has 0 saturated heterocycles. The molecule has 0 bridgehead atoms. The number of pyridine rings is 1. The maximum atomic E-state index is 4.59. The Bertz CT molecular complexity index is 570. The lowest BCUT2D eigenvalue weighted by atomic mass is 10.1. The van der Waals surface area contributed by atoms with Crippen LogP contribution in [0, 0.1) is 0 Å². The van der Waals surface area contributed by atoms with Gasteiger partial charge < -0.3 is 10.2 Å². The van der Waals surface area contributed by atoms with Crippen molar-refractivity contribution in [2.45, 2.75) is 32.9 Å². The first-order valence-electron chi connectivity index (χ1n) is 7.24. The number of nitrogens with zero attached hydrogens (tertiary/aromatic N) is 2. The number of thiophene rings is 1. The number of nitrogens with one attached hydrogen (secondary N) is 1. The van der Waals surface area contributed by atoms with Gasteiger partial charge in [0.2, 0.25) is 0 Å². The Morgan fingerprint density at radius 1 is 1.48 bits per heavy atom. The SMILES string of the molecule is CCCNC(C)c1cccnc1N(C)Cc1cc(Br)cs1. The largest absolute Gasteiger partial charge is 0.354 e. The number of anilines is 1. The fourth-order valence-electron chi connectivity index (χ4n) is 2.28. The maximum absolute atomic E-state index is 4.59. The summed E-state index contributed by atoms with van der Waals surface area (Å²) in [7, 11) is 2.10. The molecule has 2 rings (SSSR count). The van der Waals surface area contributed by atoms with E-state index in [2.05, 4.69) is 69.5 Å². The van der Waals surface area contributed by atoms with Crippen LogP contribution in [-0.4, -0.2) is 18.6 Å². The summed E-state index contributed by atoms with van der Waals surface area (Å²) in [4.78, 5) is 8.14. The topological polar surface area (TPSA) is 28.2 Å². The molecule has 1 atom stereocenters. The molecule has 114 valence electrons. The lowest BCUT2D eigenvalue weighted by Crippen LogP contribution is -2.24. The van der Waals surface area contributed by atoms with E-state index in [9.17, 15) is 0 Å². The van der Waals surface area contributed by atoms with Gasteiger partial charge in [-0.15, -0.1) is 11.3 Å². The second kappa shape index (κ2) is 7.92. The second-order valence-corrected chi connectivity index (χ2v) is 7.09. The van der Waals surface area contributed by atoms with Crippen LogP contribution >= 0.6 is 27.3 Å². The van der Waals surface area contributed by atoms with E-state index in [4.69, 9.17) is 0 Å². The first kappa shape index (κ1) is 16.5. The Hall–Kier alpha value is -0.910. The summed E-state index contributed by atoms with van der Waals surface area (Å²) in [6, 6.07) is 6.66. The van der Waals surface area contributed by atoms with Gasteiger partial charge in [-0.05, 0) is 48.0 Å². The van der Waals surface area contributed by atoms with Crippen molar-refractivity contribution in [1.82, 2.24) is 10.3 Å². The molecule has 0 spiro atoms. The van der Waals surface area contributed by atoms with E-state index in [1.54, 1.807) is 11.3 Å². The summed E-state index contributed by atoms with van der Waals surface area (Å²) in [6.07, 6.45) is 3.01. The van der Waals surface area contributed by atoms with Crippen LogP contribution in [-0.2, 0) is 6.54 Å². The fourth-order valence-corrected chi connectivity index (χ4v) is 3.79. The average Bonchev–Trinajstić information content (AvgIpc) is 2.89. The molecular formula is C16H22BrN3S. The van der Waals surface area contributed by atoms with Crippen molar-refractivity contribution in [2.24, 2.45) is 0 Å². The van der Waals surface area contributed by atoms with Crippen LogP contribution in [0.1, 0.15) is 36.8 Å².